The molecule has 35 heavy (non-hydrogen) atoms. The Morgan fingerprint density at radius 3 is 2.89 bits per heavy atom. The van der Waals surface area contributed by atoms with E-state index >= 15 is 0 Å². The smallest absolute Gasteiger partial charge is 0.266 e. The number of thiophene rings is 1. The third kappa shape index (κ3) is 5.40. The van der Waals surface area contributed by atoms with Gasteiger partial charge in [0, 0.05) is 44.4 Å². The van der Waals surface area contributed by atoms with Crippen molar-refractivity contribution in [1.29, 1.82) is 0 Å². The van der Waals surface area contributed by atoms with E-state index in [9.17, 15) is 9.59 Å². The number of fused-ring (bicyclic) bond motifs is 1. The summed E-state index contributed by atoms with van der Waals surface area (Å²) in [5.74, 6) is -0.207. The maximum atomic E-state index is 13.2. The first kappa shape index (κ1) is 23.9. The molecule has 0 spiro atoms. The lowest BCUT2D eigenvalue weighted by Crippen LogP contribution is -2.27. The van der Waals surface area contributed by atoms with Crippen LogP contribution >= 0.6 is 51.2 Å². The van der Waals surface area contributed by atoms with Gasteiger partial charge in [-0.15, -0.1) is 11.3 Å². The molecule has 2 amide bonds. The minimum absolute atomic E-state index is 0.0763. The van der Waals surface area contributed by atoms with Gasteiger partial charge >= 0.3 is 0 Å². The van der Waals surface area contributed by atoms with E-state index in [1.54, 1.807) is 28.6 Å². The number of aromatic nitrogens is 2. The van der Waals surface area contributed by atoms with Crippen molar-refractivity contribution in [3.8, 4) is 0 Å². The molecule has 1 fully saturated rings. The first-order valence-corrected chi connectivity index (χ1v) is 13.6. The lowest BCUT2D eigenvalue weighted by atomic mass is 10.1. The number of carbonyl (C=O) groups is 2. The molecule has 1 saturated heterocycles. The number of amides is 2. The molecule has 0 saturated carbocycles. The highest BCUT2D eigenvalue weighted by molar-refractivity contribution is 9.10. The molecule has 3 aromatic heterocycles. The highest BCUT2D eigenvalue weighted by atomic mass is 79.9. The Morgan fingerprint density at radius 1 is 1.23 bits per heavy atom. The number of nitrogens with one attached hydrogen (secondary N) is 1. The maximum absolute atomic E-state index is 13.2. The summed E-state index contributed by atoms with van der Waals surface area (Å²) in [5.41, 5.74) is 2.69. The van der Waals surface area contributed by atoms with Crippen LogP contribution < -0.4 is 5.32 Å². The van der Waals surface area contributed by atoms with E-state index in [1.807, 2.05) is 64.7 Å². The molecule has 4 heterocycles. The highest BCUT2D eigenvalue weighted by Gasteiger charge is 2.32. The van der Waals surface area contributed by atoms with E-state index in [2.05, 4.69) is 26.2 Å². The van der Waals surface area contributed by atoms with Crippen LogP contribution in [0.3, 0.4) is 0 Å². The van der Waals surface area contributed by atoms with Crippen LogP contribution in [0.15, 0.2) is 75.8 Å². The maximum Gasteiger partial charge on any atom is 0.266 e. The van der Waals surface area contributed by atoms with Crippen molar-refractivity contribution in [3.63, 3.8) is 0 Å². The van der Waals surface area contributed by atoms with Crippen LogP contribution in [0.5, 0.6) is 0 Å². The molecular formula is C25H19BrN4O2S3. The van der Waals surface area contributed by atoms with Gasteiger partial charge in [-0.3, -0.25) is 19.5 Å². The molecule has 10 heteroatoms. The minimum atomic E-state index is -0.131. The summed E-state index contributed by atoms with van der Waals surface area (Å²) in [7, 11) is 0. The summed E-state index contributed by atoms with van der Waals surface area (Å²) in [5, 5.41) is 5.91. The van der Waals surface area contributed by atoms with Crippen LogP contribution in [0.25, 0.3) is 17.0 Å². The molecule has 4 aromatic rings. The molecule has 6 nitrogen and oxygen atoms in total. The quantitative estimate of drug-likeness (QED) is 0.228. The Hall–Kier alpha value is -2.79. The number of nitrogens with zero attached hydrogens (tertiary/aromatic N) is 3. The average Bonchev–Trinajstić information content (AvgIpc) is 3.55. The van der Waals surface area contributed by atoms with Crippen LogP contribution in [-0.2, 0) is 29.2 Å². The number of thioether (sulfide) groups is 1. The second kappa shape index (κ2) is 10.4. The molecule has 0 radical (unpaired) electrons. The highest BCUT2D eigenvalue weighted by Crippen LogP contribution is 2.35. The van der Waals surface area contributed by atoms with Gasteiger partial charge in [0.05, 0.1) is 18.0 Å². The summed E-state index contributed by atoms with van der Waals surface area (Å²) in [6, 6.07) is 13.6. The molecule has 0 aliphatic carbocycles. The molecule has 1 N–H and O–H groups in total. The molecule has 0 bridgehead atoms. The fourth-order valence-electron chi connectivity index (χ4n) is 3.80. The summed E-state index contributed by atoms with van der Waals surface area (Å²) >= 11 is 11.9. The van der Waals surface area contributed by atoms with Gasteiger partial charge in [-0.1, -0.05) is 52.0 Å². The molecule has 1 aromatic carbocycles. The second-order valence-corrected chi connectivity index (χ2v) is 11.5. The van der Waals surface area contributed by atoms with Crippen LogP contribution in [0.2, 0.25) is 0 Å². The van der Waals surface area contributed by atoms with Gasteiger partial charge in [-0.25, -0.2) is 0 Å². The molecular weight excluding hydrogens is 564 g/mol. The van der Waals surface area contributed by atoms with Gasteiger partial charge in [0.2, 0.25) is 5.91 Å². The van der Waals surface area contributed by atoms with Gasteiger partial charge in [0.1, 0.15) is 10.9 Å². The first-order valence-electron chi connectivity index (χ1n) is 10.7. The van der Waals surface area contributed by atoms with Crippen molar-refractivity contribution >= 4 is 84.4 Å². The second-order valence-electron chi connectivity index (χ2n) is 7.86. The van der Waals surface area contributed by atoms with Crippen LogP contribution in [-0.4, -0.2) is 30.6 Å². The Labute approximate surface area is 224 Å². The van der Waals surface area contributed by atoms with E-state index in [1.165, 1.54) is 11.8 Å². The van der Waals surface area contributed by atoms with E-state index < -0.39 is 0 Å². The predicted octanol–water partition coefficient (Wildman–Crippen LogP) is 5.58. The zero-order valence-corrected chi connectivity index (χ0v) is 22.3. The van der Waals surface area contributed by atoms with E-state index in [-0.39, 0.29) is 18.4 Å². The normalized spacial score (nSPS) is 14.9. The Bertz CT molecular complexity index is 1450. The fourth-order valence-corrected chi connectivity index (χ4v) is 6.06. The van der Waals surface area contributed by atoms with Crippen LogP contribution in [0.1, 0.15) is 16.0 Å². The van der Waals surface area contributed by atoms with Crippen molar-refractivity contribution < 1.29 is 9.59 Å². The SMILES string of the molecule is O=C(Cn1cc(/C=C2\SC(=S)N(Cc3cccnc3)C2=O)c2cc(Br)ccc21)NCc1cccs1. The molecule has 176 valence electrons. The topological polar surface area (TPSA) is 67.2 Å². The Kier molecular flexibility index (Phi) is 7.14. The van der Waals surface area contributed by atoms with Crippen molar-refractivity contribution in [2.24, 2.45) is 0 Å². The molecule has 1 aliphatic heterocycles. The van der Waals surface area contributed by atoms with Gasteiger partial charge in [-0.2, -0.15) is 0 Å². The van der Waals surface area contributed by atoms with Gasteiger partial charge in [0.25, 0.3) is 5.91 Å². The third-order valence-electron chi connectivity index (χ3n) is 5.45. The Morgan fingerprint density at radius 2 is 2.11 bits per heavy atom. The molecule has 1 aliphatic rings. The van der Waals surface area contributed by atoms with Gasteiger partial charge in [0.15, 0.2) is 0 Å². The predicted molar refractivity (Wildman–Crippen MR) is 149 cm³/mol. The van der Waals surface area contributed by atoms with E-state index in [4.69, 9.17) is 12.2 Å². The summed E-state index contributed by atoms with van der Waals surface area (Å²) < 4.78 is 3.35. The zero-order valence-electron chi connectivity index (χ0n) is 18.3. The molecule has 5 rings (SSSR count). The zero-order chi connectivity index (χ0) is 24.4. The molecule has 0 atom stereocenters. The first-order chi connectivity index (χ1) is 17.0. The van der Waals surface area contributed by atoms with Gasteiger partial charge in [-0.05, 0) is 47.4 Å². The number of benzene rings is 1. The number of hydrogen-bond donors (Lipinski definition) is 1. The lowest BCUT2D eigenvalue weighted by molar-refractivity contribution is -0.123. The lowest BCUT2D eigenvalue weighted by Gasteiger charge is -2.13. The number of rotatable bonds is 7. The number of pyridine rings is 1. The van der Waals surface area contributed by atoms with Crippen molar-refractivity contribution in [3.05, 3.63) is 91.8 Å². The fraction of sp³-hybridized carbons (Fsp3) is 0.120. The number of carbonyl (C=O) groups excluding carboxylic acids is 2. The minimum Gasteiger partial charge on any atom is -0.350 e. The van der Waals surface area contributed by atoms with E-state index in [0.717, 1.165) is 31.4 Å². The number of thiocarbonyl (C=S) groups is 1. The standard InChI is InChI=1S/C25H19BrN4O2S3/c26-18-5-6-21-20(10-18)17(14-29(21)15-23(31)28-12-19-4-2-8-34-19)9-22-24(32)30(25(33)35-22)13-16-3-1-7-27-11-16/h1-11,14H,12-13,15H2,(H,28,31)/b22-9-. The van der Waals surface area contributed by atoms with Crippen LogP contribution in [0, 0.1) is 0 Å². The number of halogens is 1. The largest absolute Gasteiger partial charge is 0.350 e. The summed E-state index contributed by atoms with van der Waals surface area (Å²) in [6.07, 6.45) is 7.20. The van der Waals surface area contributed by atoms with Crippen molar-refractivity contribution in [1.82, 2.24) is 19.8 Å². The van der Waals surface area contributed by atoms with Gasteiger partial charge < -0.3 is 9.88 Å². The average molecular weight is 584 g/mol. The third-order valence-corrected chi connectivity index (χ3v) is 8.20. The van der Waals surface area contributed by atoms with Crippen LogP contribution in [0.4, 0.5) is 0 Å². The molecule has 0 unspecified atom stereocenters. The monoisotopic (exact) mass is 582 g/mol. The van der Waals surface area contributed by atoms with Crippen molar-refractivity contribution in [2.75, 3.05) is 0 Å². The van der Waals surface area contributed by atoms with E-state index in [0.29, 0.717) is 22.3 Å². The van der Waals surface area contributed by atoms with Crippen molar-refractivity contribution in [2.45, 2.75) is 19.6 Å². The Balaban J connectivity index is 1.40. The summed E-state index contributed by atoms with van der Waals surface area (Å²) in [6.45, 7) is 1.07. The number of hydrogen-bond acceptors (Lipinski definition) is 6. The summed E-state index contributed by atoms with van der Waals surface area (Å²) in [4.78, 5) is 33.2.